The molecule has 0 aliphatic carbocycles. The molecule has 1 atom stereocenters. The van der Waals surface area contributed by atoms with E-state index >= 15 is 0 Å². The highest BCUT2D eigenvalue weighted by atomic mass is 79.9. The first kappa shape index (κ1) is 17.9. The van der Waals surface area contributed by atoms with Crippen molar-refractivity contribution in [1.29, 1.82) is 0 Å². The van der Waals surface area contributed by atoms with Crippen LogP contribution in [0, 0.1) is 5.92 Å². The number of hydrogen-bond donors (Lipinski definition) is 1. The molecule has 1 heterocycles. The van der Waals surface area contributed by atoms with Gasteiger partial charge >= 0.3 is 0 Å². The van der Waals surface area contributed by atoms with Gasteiger partial charge < -0.3 is 5.32 Å². The van der Waals surface area contributed by atoms with Gasteiger partial charge in [-0.2, -0.15) is 4.31 Å². The lowest BCUT2D eigenvalue weighted by Crippen LogP contribution is -2.42. The summed E-state index contributed by atoms with van der Waals surface area (Å²) in [4.78, 5) is 0.361. The number of piperidine rings is 1. The van der Waals surface area contributed by atoms with Crippen molar-refractivity contribution < 1.29 is 8.42 Å². The van der Waals surface area contributed by atoms with E-state index in [1.165, 1.54) is 0 Å². The Labute approximate surface area is 135 Å². The third-order valence-electron chi connectivity index (χ3n) is 3.43. The van der Waals surface area contributed by atoms with Crippen LogP contribution in [0.1, 0.15) is 12.8 Å². The maximum absolute atomic E-state index is 12.6. The van der Waals surface area contributed by atoms with Gasteiger partial charge in [0.2, 0.25) is 10.0 Å². The van der Waals surface area contributed by atoms with Crippen molar-refractivity contribution in [3.63, 3.8) is 0 Å². The second kappa shape index (κ2) is 7.75. The van der Waals surface area contributed by atoms with E-state index in [-0.39, 0.29) is 12.4 Å². The number of hydrogen-bond acceptors (Lipinski definition) is 3. The molecule has 114 valence electrons. The highest BCUT2D eigenvalue weighted by Gasteiger charge is 2.30. The topological polar surface area (TPSA) is 49.4 Å². The van der Waals surface area contributed by atoms with Crippen LogP contribution in [0.3, 0.4) is 0 Å². The summed E-state index contributed by atoms with van der Waals surface area (Å²) >= 11 is 3.33. The van der Waals surface area contributed by atoms with Crippen LogP contribution in [0.25, 0.3) is 0 Å². The van der Waals surface area contributed by atoms with E-state index in [4.69, 9.17) is 0 Å². The Bertz CT molecular complexity index is 537. The lowest BCUT2D eigenvalue weighted by Gasteiger charge is -2.32. The van der Waals surface area contributed by atoms with Crippen molar-refractivity contribution in [3.8, 4) is 0 Å². The van der Waals surface area contributed by atoms with Gasteiger partial charge in [0.05, 0.1) is 4.90 Å². The smallest absolute Gasteiger partial charge is 0.244 e. The average Bonchev–Trinajstić information content (AvgIpc) is 2.40. The molecule has 0 aromatic heterocycles. The Hall–Kier alpha value is -0.140. The van der Waals surface area contributed by atoms with Gasteiger partial charge in [-0.1, -0.05) is 12.1 Å². The van der Waals surface area contributed by atoms with Crippen molar-refractivity contribution in [2.24, 2.45) is 5.92 Å². The molecule has 7 heteroatoms. The Morgan fingerprint density at radius 1 is 1.40 bits per heavy atom. The molecule has 0 spiro atoms. The summed E-state index contributed by atoms with van der Waals surface area (Å²) < 4.78 is 27.5. The van der Waals surface area contributed by atoms with Crippen molar-refractivity contribution in [2.75, 3.05) is 26.7 Å². The Kier molecular flexibility index (Phi) is 6.94. The minimum atomic E-state index is -3.39. The fourth-order valence-electron chi connectivity index (χ4n) is 2.49. The number of nitrogens with zero attached hydrogens (tertiary/aromatic N) is 1. The minimum absolute atomic E-state index is 0. The van der Waals surface area contributed by atoms with Crippen LogP contribution in [-0.2, 0) is 10.0 Å². The Morgan fingerprint density at radius 2 is 2.10 bits per heavy atom. The van der Waals surface area contributed by atoms with Crippen LogP contribution >= 0.6 is 28.3 Å². The normalized spacial score (nSPS) is 20.4. The van der Waals surface area contributed by atoms with E-state index in [1.54, 1.807) is 22.5 Å². The van der Waals surface area contributed by atoms with Gasteiger partial charge in [-0.3, -0.25) is 0 Å². The van der Waals surface area contributed by atoms with Gasteiger partial charge in [-0.05, 0) is 60.4 Å². The Morgan fingerprint density at radius 3 is 2.75 bits per heavy atom. The van der Waals surface area contributed by atoms with Crippen molar-refractivity contribution in [3.05, 3.63) is 28.7 Å². The summed E-state index contributed by atoms with van der Waals surface area (Å²) in [6.45, 7) is 2.08. The Balaban J connectivity index is 0.00000200. The minimum Gasteiger partial charge on any atom is -0.319 e. The fraction of sp³-hybridized carbons (Fsp3) is 0.538. The second-order valence-electron chi connectivity index (χ2n) is 4.86. The number of halogens is 2. The lowest BCUT2D eigenvalue weighted by atomic mass is 10.00. The first-order valence-corrected chi connectivity index (χ1v) is 8.68. The molecule has 1 unspecified atom stereocenters. The van der Waals surface area contributed by atoms with Crippen LogP contribution in [0.5, 0.6) is 0 Å². The molecule has 1 fully saturated rings. The van der Waals surface area contributed by atoms with Crippen LogP contribution in [0.2, 0.25) is 0 Å². The first-order chi connectivity index (χ1) is 9.05. The predicted octanol–water partition coefficient (Wildman–Crippen LogP) is 2.49. The van der Waals surface area contributed by atoms with Crippen LogP contribution < -0.4 is 5.32 Å². The maximum Gasteiger partial charge on any atom is 0.244 e. The van der Waals surface area contributed by atoms with Crippen molar-refractivity contribution in [2.45, 2.75) is 17.7 Å². The zero-order valence-corrected chi connectivity index (χ0v) is 14.6. The highest BCUT2D eigenvalue weighted by molar-refractivity contribution is 9.10. The molecule has 0 radical (unpaired) electrons. The van der Waals surface area contributed by atoms with Gasteiger partial charge in [-0.25, -0.2) is 8.42 Å². The third-order valence-corrected chi connectivity index (χ3v) is 6.31. The van der Waals surface area contributed by atoms with Crippen molar-refractivity contribution >= 4 is 38.4 Å². The van der Waals surface area contributed by atoms with Crippen LogP contribution in [0.4, 0.5) is 0 Å². The predicted molar refractivity (Wildman–Crippen MR) is 86.8 cm³/mol. The van der Waals surface area contributed by atoms with E-state index in [0.717, 1.165) is 19.4 Å². The zero-order valence-electron chi connectivity index (χ0n) is 11.4. The van der Waals surface area contributed by atoms with Crippen LogP contribution in [-0.4, -0.2) is 39.4 Å². The molecule has 0 amide bonds. The molecule has 1 saturated heterocycles. The molecule has 2 rings (SSSR count). The molecule has 1 aromatic rings. The quantitative estimate of drug-likeness (QED) is 0.869. The van der Waals surface area contributed by atoms with E-state index in [9.17, 15) is 8.42 Å². The molecule has 1 aliphatic rings. The van der Waals surface area contributed by atoms with Gasteiger partial charge in [0.25, 0.3) is 0 Å². The second-order valence-corrected chi connectivity index (χ2v) is 7.62. The monoisotopic (exact) mass is 382 g/mol. The highest BCUT2D eigenvalue weighted by Crippen LogP contribution is 2.28. The molecule has 4 nitrogen and oxygen atoms in total. The summed E-state index contributed by atoms with van der Waals surface area (Å²) in [5.41, 5.74) is 0. The molecule has 1 aromatic carbocycles. The van der Waals surface area contributed by atoms with Crippen LogP contribution in [0.15, 0.2) is 33.6 Å². The van der Waals surface area contributed by atoms with E-state index in [2.05, 4.69) is 21.2 Å². The molecule has 0 bridgehead atoms. The molecular weight excluding hydrogens is 364 g/mol. The summed E-state index contributed by atoms with van der Waals surface area (Å²) in [7, 11) is -1.48. The summed E-state index contributed by atoms with van der Waals surface area (Å²) in [5.74, 6) is 0.399. The molecule has 0 saturated carbocycles. The van der Waals surface area contributed by atoms with Gasteiger partial charge in [0.15, 0.2) is 0 Å². The standard InChI is InChI=1S/C13H19BrN2O2S.ClH/c1-15-9-11-5-4-8-16(10-11)19(17,18)13-7-3-2-6-12(13)14;/h2-3,6-7,11,15H,4-5,8-10H2,1H3;1H. The molecule has 1 aliphatic heterocycles. The largest absolute Gasteiger partial charge is 0.319 e. The number of sulfonamides is 1. The van der Waals surface area contributed by atoms with Gasteiger partial charge in [-0.15, -0.1) is 12.4 Å². The average molecular weight is 384 g/mol. The van der Waals surface area contributed by atoms with E-state index in [0.29, 0.717) is 28.4 Å². The molecule has 20 heavy (non-hydrogen) atoms. The van der Waals surface area contributed by atoms with E-state index < -0.39 is 10.0 Å². The maximum atomic E-state index is 12.6. The fourth-order valence-corrected chi connectivity index (χ4v) is 5.01. The first-order valence-electron chi connectivity index (χ1n) is 6.45. The summed E-state index contributed by atoms with van der Waals surface area (Å²) in [6, 6.07) is 7.00. The number of nitrogens with one attached hydrogen (secondary N) is 1. The van der Waals surface area contributed by atoms with Gasteiger partial charge in [0, 0.05) is 17.6 Å². The van der Waals surface area contributed by atoms with E-state index in [1.807, 2.05) is 13.1 Å². The zero-order chi connectivity index (χ0) is 13.9. The third kappa shape index (κ3) is 3.95. The molecular formula is C13H20BrClN2O2S. The number of rotatable bonds is 4. The summed E-state index contributed by atoms with van der Waals surface area (Å²) in [5, 5.41) is 3.13. The lowest BCUT2D eigenvalue weighted by molar-refractivity contribution is 0.263. The summed E-state index contributed by atoms with van der Waals surface area (Å²) in [6.07, 6.45) is 2.01. The number of benzene rings is 1. The van der Waals surface area contributed by atoms with Crippen molar-refractivity contribution in [1.82, 2.24) is 9.62 Å². The molecule has 1 N–H and O–H groups in total. The SMILES string of the molecule is CNCC1CCCN(S(=O)(=O)c2ccccc2Br)C1.Cl. The van der Waals surface area contributed by atoms with Gasteiger partial charge in [0.1, 0.15) is 0 Å².